The molecule has 0 saturated carbocycles. The molecule has 0 aliphatic heterocycles. The molecule has 0 aromatic carbocycles. The molecule has 0 aliphatic carbocycles. The molecule has 0 saturated heterocycles. The zero-order chi connectivity index (χ0) is 12.0. The predicted molar refractivity (Wildman–Crippen MR) is 26.9 cm³/mol. The topological polar surface area (TPSA) is 59.6 Å². The normalized spacial score (nSPS) is 14.8. The zero-order valence-electron chi connectivity index (χ0n) is 6.81. The van der Waals surface area contributed by atoms with Gasteiger partial charge in [-0.2, -0.15) is 39.5 Å². The van der Waals surface area contributed by atoms with Gasteiger partial charge in [0.25, 0.3) is 0 Å². The molecule has 0 fully saturated rings. The molecule has 0 spiro atoms. The van der Waals surface area contributed by atoms with Crippen LogP contribution in [0.25, 0.3) is 0 Å². The quantitative estimate of drug-likeness (QED) is 0.660. The van der Waals surface area contributed by atoms with Gasteiger partial charge in [0.15, 0.2) is 5.60 Å². The zero-order valence-corrected chi connectivity index (χ0v) is 6.81. The first-order chi connectivity index (χ1) is 5.75. The Kier molecular flexibility index (Phi) is 4.12. The second-order valence-corrected chi connectivity index (χ2v) is 2.17. The van der Waals surface area contributed by atoms with E-state index in [4.69, 9.17) is 0 Å². The minimum atomic E-state index is -6.98. The fourth-order valence-corrected chi connectivity index (χ4v) is 0.482. The summed E-state index contributed by atoms with van der Waals surface area (Å²) < 4.78 is 102. The Morgan fingerprint density at radius 3 is 0.667 bits per heavy atom. The van der Waals surface area contributed by atoms with Crippen molar-refractivity contribution < 1.29 is 44.6 Å². The van der Waals surface area contributed by atoms with Gasteiger partial charge in [0.1, 0.15) is 0 Å². The lowest BCUT2D eigenvalue weighted by atomic mass is 10.0. The van der Waals surface area contributed by atoms with Gasteiger partial charge in [-0.05, 0) is 0 Å². The summed E-state index contributed by atoms with van der Waals surface area (Å²) in [5.74, 6) is 0. The minimum absolute atomic E-state index is 0. The maximum Gasteiger partial charge on any atom is 0.397 e. The molecule has 0 aliphatic rings. The second kappa shape index (κ2) is 3.70. The van der Waals surface area contributed by atoms with Crippen LogP contribution < -0.4 is 11.3 Å². The van der Waals surface area contributed by atoms with E-state index >= 15 is 0 Å². The van der Waals surface area contributed by atoms with Crippen LogP contribution in [0, 0.1) is 0 Å². The smallest absolute Gasteiger partial charge is 0.397 e. The highest BCUT2D eigenvalue weighted by Crippen LogP contribution is 2.49. The molecule has 0 aromatic rings. The molecule has 0 amide bonds. The molecule has 4 N–H and O–H groups in total. The summed E-state index contributed by atoms with van der Waals surface area (Å²) in [6.45, 7) is 0. The average molecular weight is 253 g/mol. The Morgan fingerprint density at radius 2 is 0.667 bits per heavy atom. The summed E-state index contributed by atoms with van der Waals surface area (Å²) in [6.07, 6.45) is -20.9. The van der Waals surface area contributed by atoms with E-state index in [0.717, 1.165) is 0 Å². The molecule has 0 atom stereocenters. The summed E-state index contributed by atoms with van der Waals surface area (Å²) in [4.78, 5) is 0. The number of rotatable bonds is 0. The molecular weight excluding hydrogens is 249 g/mol. The molecule has 15 heavy (non-hydrogen) atoms. The highest BCUT2D eigenvalue weighted by molar-refractivity contribution is 4.98. The largest absolute Gasteiger partial charge is 0.830 e. The first kappa shape index (κ1) is 16.7. The molecule has 0 bridgehead atoms. The van der Waals surface area contributed by atoms with Gasteiger partial charge in [-0.3, -0.25) is 0 Å². The van der Waals surface area contributed by atoms with E-state index < -0.39 is 24.1 Å². The van der Waals surface area contributed by atoms with Gasteiger partial charge in [0, 0.05) is 0 Å². The van der Waals surface area contributed by atoms with Crippen LogP contribution in [-0.4, -0.2) is 24.1 Å². The van der Waals surface area contributed by atoms with Crippen molar-refractivity contribution >= 4 is 0 Å². The van der Waals surface area contributed by atoms with Gasteiger partial charge in [-0.15, -0.1) is 0 Å². The summed E-state index contributed by atoms with van der Waals surface area (Å²) in [5.41, 5.74) is -6.94. The van der Waals surface area contributed by atoms with E-state index in [2.05, 4.69) is 0 Å². The highest BCUT2D eigenvalue weighted by atomic mass is 19.4. The van der Waals surface area contributed by atoms with Crippen molar-refractivity contribution in [1.82, 2.24) is 6.15 Å². The van der Waals surface area contributed by atoms with Crippen LogP contribution in [-0.2, 0) is 0 Å². The van der Waals surface area contributed by atoms with Gasteiger partial charge in [-0.1, -0.05) is 0 Å². The Morgan fingerprint density at radius 1 is 0.533 bits per heavy atom. The summed E-state index contributed by atoms with van der Waals surface area (Å²) in [7, 11) is 0. The summed E-state index contributed by atoms with van der Waals surface area (Å²) in [5, 5.41) is 9.79. The second-order valence-electron chi connectivity index (χ2n) is 2.17. The maximum absolute atomic E-state index is 11.3. The number of halogens is 9. The fraction of sp³-hybridized carbons (Fsp3) is 1.00. The molecule has 0 radical (unpaired) electrons. The standard InChI is InChI=1S/C4F9O.H3N/c5-2(6,7)1(14,3(8,9)10)4(11,12)13;/h;1H3/q-1;/p+1. The molecule has 94 valence electrons. The van der Waals surface area contributed by atoms with E-state index in [1.165, 1.54) is 0 Å². The van der Waals surface area contributed by atoms with Gasteiger partial charge in [0.2, 0.25) is 0 Å². The van der Waals surface area contributed by atoms with Crippen LogP contribution in [0.15, 0.2) is 0 Å². The van der Waals surface area contributed by atoms with E-state index in [1.807, 2.05) is 0 Å². The molecule has 2 nitrogen and oxygen atoms in total. The first-order valence-electron chi connectivity index (χ1n) is 2.65. The van der Waals surface area contributed by atoms with Crippen molar-refractivity contribution in [2.45, 2.75) is 24.1 Å². The van der Waals surface area contributed by atoms with Crippen molar-refractivity contribution in [1.29, 1.82) is 0 Å². The minimum Gasteiger partial charge on any atom is -0.830 e. The monoisotopic (exact) mass is 253 g/mol. The summed E-state index contributed by atoms with van der Waals surface area (Å²) in [6, 6.07) is 0. The lowest BCUT2D eigenvalue weighted by Crippen LogP contribution is -2.74. The van der Waals surface area contributed by atoms with Gasteiger partial charge < -0.3 is 11.3 Å². The van der Waals surface area contributed by atoms with Crippen molar-refractivity contribution in [2.75, 3.05) is 0 Å². The van der Waals surface area contributed by atoms with Crippen LogP contribution in [0.3, 0.4) is 0 Å². The number of hydrogen-bond donors (Lipinski definition) is 1. The van der Waals surface area contributed by atoms with Crippen LogP contribution in [0.5, 0.6) is 0 Å². The molecule has 0 rings (SSSR count). The Bertz CT molecular complexity index is 176. The first-order valence-corrected chi connectivity index (χ1v) is 2.65. The van der Waals surface area contributed by atoms with Crippen LogP contribution in [0.1, 0.15) is 0 Å². The molecule has 11 heteroatoms. The Balaban J connectivity index is 0. The van der Waals surface area contributed by atoms with Crippen LogP contribution in [0.4, 0.5) is 39.5 Å². The molecule has 0 unspecified atom stereocenters. The van der Waals surface area contributed by atoms with Crippen molar-refractivity contribution in [3.63, 3.8) is 0 Å². The van der Waals surface area contributed by atoms with Gasteiger partial charge in [-0.25, -0.2) is 0 Å². The van der Waals surface area contributed by atoms with Crippen molar-refractivity contribution in [2.24, 2.45) is 0 Å². The van der Waals surface area contributed by atoms with E-state index in [-0.39, 0.29) is 6.15 Å². The van der Waals surface area contributed by atoms with E-state index in [0.29, 0.717) is 0 Å². The Hall–Kier alpha value is -0.710. The molecule has 0 heterocycles. The van der Waals surface area contributed by atoms with Crippen LogP contribution in [0.2, 0.25) is 0 Å². The van der Waals surface area contributed by atoms with Crippen molar-refractivity contribution in [3.05, 3.63) is 0 Å². The number of hydrogen-bond acceptors (Lipinski definition) is 1. The Labute approximate surface area is 76.3 Å². The predicted octanol–water partition coefficient (Wildman–Crippen LogP) is 2.15. The fourth-order valence-electron chi connectivity index (χ4n) is 0.482. The lowest BCUT2D eigenvalue weighted by molar-refractivity contribution is -0.640. The molecule has 0 aromatic heterocycles. The van der Waals surface area contributed by atoms with E-state index in [9.17, 15) is 44.6 Å². The van der Waals surface area contributed by atoms with E-state index in [1.54, 1.807) is 0 Å². The number of quaternary nitrogens is 1. The van der Waals surface area contributed by atoms with Crippen molar-refractivity contribution in [3.8, 4) is 0 Å². The van der Waals surface area contributed by atoms with Gasteiger partial charge >= 0.3 is 18.5 Å². The maximum atomic E-state index is 11.3. The number of alkyl halides is 9. The third kappa shape index (κ3) is 2.45. The average Bonchev–Trinajstić information content (AvgIpc) is 1.77. The third-order valence-corrected chi connectivity index (χ3v) is 1.20. The van der Waals surface area contributed by atoms with Crippen LogP contribution >= 0.6 is 0 Å². The third-order valence-electron chi connectivity index (χ3n) is 1.20. The SMILES string of the molecule is [NH4+].[O-]C(C(F)(F)F)(C(F)(F)F)C(F)(F)F. The summed E-state index contributed by atoms with van der Waals surface area (Å²) >= 11 is 0. The molecular formula is C4H4F9NO. The van der Waals surface area contributed by atoms with Gasteiger partial charge in [0.05, 0.1) is 0 Å². The lowest BCUT2D eigenvalue weighted by Gasteiger charge is -2.43. The highest BCUT2D eigenvalue weighted by Gasteiger charge is 2.75.